The average Bonchev–Trinajstić information content (AvgIpc) is 2.74. The summed E-state index contributed by atoms with van der Waals surface area (Å²) in [7, 11) is 0. The average molecular weight is 287 g/mol. The molecule has 1 aliphatic rings. The first kappa shape index (κ1) is 12.8. The Morgan fingerprint density at radius 1 is 1.10 bits per heavy atom. The molecule has 2 aromatic rings. The van der Waals surface area contributed by atoms with Gasteiger partial charge in [-0.2, -0.15) is 0 Å². The molecule has 0 aromatic heterocycles. The highest BCUT2D eigenvalue weighted by molar-refractivity contribution is 6.30. The van der Waals surface area contributed by atoms with Gasteiger partial charge in [-0.25, -0.2) is 0 Å². The number of hydrogen-bond donors (Lipinski definition) is 0. The Balaban J connectivity index is 1.95. The minimum Gasteiger partial charge on any atom is -0.305 e. The van der Waals surface area contributed by atoms with Crippen LogP contribution >= 0.6 is 11.6 Å². The van der Waals surface area contributed by atoms with Crippen LogP contribution in [0.25, 0.3) is 0 Å². The van der Waals surface area contributed by atoms with Crippen molar-refractivity contribution >= 4 is 23.2 Å². The molecule has 0 spiro atoms. The van der Waals surface area contributed by atoms with Crippen molar-refractivity contribution in [2.45, 2.75) is 12.6 Å². The fourth-order valence-electron chi connectivity index (χ4n) is 2.40. The van der Waals surface area contributed by atoms with E-state index in [1.54, 1.807) is 29.2 Å². The molecule has 0 fully saturated rings. The minimum absolute atomic E-state index is 0.281. The maximum atomic E-state index is 12.3. The van der Waals surface area contributed by atoms with Crippen LogP contribution in [0.4, 0.5) is 5.69 Å². The topological polar surface area (TPSA) is 49.7 Å². The maximum absolute atomic E-state index is 12.3. The summed E-state index contributed by atoms with van der Waals surface area (Å²) < 4.78 is 0. The smallest absolute Gasteiger partial charge is 0.260 e. The lowest BCUT2D eigenvalue weighted by Crippen LogP contribution is -2.27. The van der Waals surface area contributed by atoms with Gasteiger partial charge >= 0.3 is 0 Å². The predicted octanol–water partition coefficient (Wildman–Crippen LogP) is 3.69. The molecule has 0 bridgehead atoms. The van der Waals surface area contributed by atoms with Crippen LogP contribution in [0, 0.1) is 4.91 Å². The number of halogens is 1. The van der Waals surface area contributed by atoms with Crippen molar-refractivity contribution in [3.63, 3.8) is 0 Å². The van der Waals surface area contributed by atoms with Crippen molar-refractivity contribution in [2.75, 3.05) is 4.90 Å². The van der Waals surface area contributed by atoms with Crippen LogP contribution in [0.3, 0.4) is 0 Å². The number of carbonyl (C=O) groups is 1. The van der Waals surface area contributed by atoms with Crippen LogP contribution in [-0.4, -0.2) is 5.91 Å². The lowest BCUT2D eigenvalue weighted by atomic mass is 10.1. The molecule has 1 amide bonds. The first-order valence-electron chi connectivity index (χ1n) is 6.18. The second-order valence-corrected chi connectivity index (χ2v) is 5.05. The van der Waals surface area contributed by atoms with E-state index in [2.05, 4.69) is 5.18 Å². The zero-order valence-electron chi connectivity index (χ0n) is 10.5. The summed E-state index contributed by atoms with van der Waals surface area (Å²) in [6, 6.07) is 13.6. The normalized spacial score (nSPS) is 17.1. The second kappa shape index (κ2) is 5.06. The van der Waals surface area contributed by atoms with E-state index in [9.17, 15) is 9.70 Å². The third kappa shape index (κ3) is 2.08. The molecule has 1 aliphatic heterocycles. The van der Waals surface area contributed by atoms with Crippen molar-refractivity contribution < 1.29 is 4.79 Å². The van der Waals surface area contributed by atoms with E-state index < -0.39 is 6.04 Å². The van der Waals surface area contributed by atoms with E-state index in [1.807, 2.05) is 24.3 Å². The van der Waals surface area contributed by atoms with Crippen LogP contribution in [0.5, 0.6) is 0 Å². The standard InChI is InChI=1S/C15H11ClN2O2/c16-11-7-5-10(6-8-11)9-18-13-4-2-1-3-12(13)14(17-20)15(18)19/h1-8,14H,9H2. The molecule has 3 rings (SSSR count). The quantitative estimate of drug-likeness (QED) is 0.808. The number of rotatable bonds is 3. The molecule has 5 heteroatoms. The van der Waals surface area contributed by atoms with Crippen LogP contribution in [-0.2, 0) is 11.3 Å². The van der Waals surface area contributed by atoms with E-state index in [1.165, 1.54) is 0 Å². The monoisotopic (exact) mass is 286 g/mol. The van der Waals surface area contributed by atoms with Gasteiger partial charge in [-0.3, -0.25) is 4.79 Å². The number of nitroso groups, excluding NO2 is 1. The third-order valence-corrected chi connectivity index (χ3v) is 3.63. The molecule has 20 heavy (non-hydrogen) atoms. The van der Waals surface area contributed by atoms with Crippen molar-refractivity contribution in [1.82, 2.24) is 0 Å². The van der Waals surface area contributed by atoms with Gasteiger partial charge < -0.3 is 4.90 Å². The number of hydrogen-bond acceptors (Lipinski definition) is 3. The van der Waals surface area contributed by atoms with Gasteiger partial charge in [0.2, 0.25) is 0 Å². The highest BCUT2D eigenvalue weighted by Crippen LogP contribution is 2.38. The Morgan fingerprint density at radius 3 is 2.50 bits per heavy atom. The number of nitrogens with zero attached hydrogens (tertiary/aromatic N) is 2. The van der Waals surface area contributed by atoms with E-state index in [0.717, 1.165) is 11.3 Å². The number of para-hydroxylation sites is 1. The molecular weight excluding hydrogens is 276 g/mol. The number of amides is 1. The van der Waals surface area contributed by atoms with Gasteiger partial charge in [0.1, 0.15) is 0 Å². The summed E-state index contributed by atoms with van der Waals surface area (Å²) in [5.41, 5.74) is 2.36. The van der Waals surface area contributed by atoms with Crippen molar-refractivity contribution in [3.8, 4) is 0 Å². The number of carbonyl (C=O) groups excluding carboxylic acids is 1. The molecule has 0 N–H and O–H groups in total. The summed E-state index contributed by atoms with van der Waals surface area (Å²) in [6.45, 7) is 0.402. The second-order valence-electron chi connectivity index (χ2n) is 4.62. The van der Waals surface area contributed by atoms with Crippen LogP contribution in [0.1, 0.15) is 17.2 Å². The summed E-state index contributed by atoms with van der Waals surface area (Å²) >= 11 is 5.85. The van der Waals surface area contributed by atoms with Crippen LogP contribution < -0.4 is 4.90 Å². The molecule has 100 valence electrons. The minimum atomic E-state index is -0.932. The molecule has 1 atom stereocenters. The Kier molecular flexibility index (Phi) is 3.24. The van der Waals surface area contributed by atoms with Gasteiger partial charge in [0.25, 0.3) is 5.91 Å². The Hall–Kier alpha value is -2.20. The number of anilines is 1. The third-order valence-electron chi connectivity index (χ3n) is 3.38. The molecule has 1 heterocycles. The molecule has 0 radical (unpaired) electrons. The highest BCUT2D eigenvalue weighted by Gasteiger charge is 2.37. The van der Waals surface area contributed by atoms with E-state index >= 15 is 0 Å². The van der Waals surface area contributed by atoms with Gasteiger partial charge in [-0.1, -0.05) is 47.1 Å². The predicted molar refractivity (Wildman–Crippen MR) is 77.6 cm³/mol. The fraction of sp³-hybridized carbons (Fsp3) is 0.133. The highest BCUT2D eigenvalue weighted by atomic mass is 35.5. The summed E-state index contributed by atoms with van der Waals surface area (Å²) in [5, 5.41) is 3.60. The summed E-state index contributed by atoms with van der Waals surface area (Å²) in [5.74, 6) is -0.281. The van der Waals surface area contributed by atoms with E-state index in [0.29, 0.717) is 17.1 Å². The van der Waals surface area contributed by atoms with Crippen molar-refractivity contribution in [1.29, 1.82) is 0 Å². The first-order chi connectivity index (χ1) is 9.70. The van der Waals surface area contributed by atoms with Gasteiger partial charge in [-0.15, -0.1) is 4.91 Å². The Labute approximate surface area is 120 Å². The van der Waals surface area contributed by atoms with Gasteiger partial charge in [0, 0.05) is 10.6 Å². The molecule has 4 nitrogen and oxygen atoms in total. The van der Waals surface area contributed by atoms with Crippen molar-refractivity contribution in [2.24, 2.45) is 5.18 Å². The lowest BCUT2D eigenvalue weighted by Gasteiger charge is -2.17. The van der Waals surface area contributed by atoms with Gasteiger partial charge in [0.05, 0.1) is 12.2 Å². The molecule has 2 aromatic carbocycles. The van der Waals surface area contributed by atoms with E-state index in [-0.39, 0.29) is 5.91 Å². The number of benzene rings is 2. The zero-order valence-corrected chi connectivity index (χ0v) is 11.2. The summed E-state index contributed by atoms with van der Waals surface area (Å²) in [4.78, 5) is 24.8. The molecule has 0 saturated carbocycles. The molecule has 0 saturated heterocycles. The van der Waals surface area contributed by atoms with Crippen LogP contribution in [0.2, 0.25) is 5.02 Å². The summed E-state index contributed by atoms with van der Waals surface area (Å²) in [6.07, 6.45) is 0. The van der Waals surface area contributed by atoms with Crippen molar-refractivity contribution in [3.05, 3.63) is 69.6 Å². The van der Waals surface area contributed by atoms with Gasteiger partial charge in [-0.05, 0) is 23.8 Å². The Morgan fingerprint density at radius 2 is 1.80 bits per heavy atom. The maximum Gasteiger partial charge on any atom is 0.260 e. The fourth-order valence-corrected chi connectivity index (χ4v) is 2.53. The van der Waals surface area contributed by atoms with Crippen LogP contribution in [0.15, 0.2) is 53.7 Å². The zero-order chi connectivity index (χ0) is 14.1. The molecule has 0 aliphatic carbocycles. The molecular formula is C15H11ClN2O2. The molecule has 1 unspecified atom stereocenters. The lowest BCUT2D eigenvalue weighted by molar-refractivity contribution is -0.119. The largest absolute Gasteiger partial charge is 0.305 e. The first-order valence-corrected chi connectivity index (χ1v) is 6.55. The Bertz CT molecular complexity index is 670. The number of fused-ring (bicyclic) bond motifs is 1. The SMILES string of the molecule is O=NC1C(=O)N(Cc2ccc(Cl)cc2)c2ccccc21. The van der Waals surface area contributed by atoms with Gasteiger partial charge in [0.15, 0.2) is 6.04 Å². The van der Waals surface area contributed by atoms with E-state index in [4.69, 9.17) is 11.6 Å².